The molecule has 7 heteroatoms. The van der Waals surface area contributed by atoms with Gasteiger partial charge in [0.25, 0.3) is 5.56 Å². The van der Waals surface area contributed by atoms with Crippen molar-refractivity contribution in [2.75, 3.05) is 0 Å². The monoisotopic (exact) mass is 376 g/mol. The molecule has 0 saturated heterocycles. The third-order valence-corrected chi connectivity index (χ3v) is 6.22. The van der Waals surface area contributed by atoms with Gasteiger partial charge in [-0.1, -0.05) is 25.1 Å². The molecule has 2 aromatic rings. The molecule has 1 amide bonds. The van der Waals surface area contributed by atoms with Crippen LogP contribution < -0.4 is 10.9 Å². The van der Waals surface area contributed by atoms with E-state index in [1.165, 1.54) is 16.7 Å². The number of pyridine rings is 1. The minimum Gasteiger partial charge on any atom is -0.352 e. The van der Waals surface area contributed by atoms with E-state index in [9.17, 15) is 18.0 Å². The van der Waals surface area contributed by atoms with Crippen LogP contribution in [0.1, 0.15) is 31.5 Å². The second-order valence-corrected chi connectivity index (χ2v) is 8.27. The van der Waals surface area contributed by atoms with Gasteiger partial charge in [-0.2, -0.15) is 0 Å². The number of hydrogen-bond acceptors (Lipinski definition) is 4. The zero-order valence-electron chi connectivity index (χ0n) is 15.4. The quantitative estimate of drug-likeness (QED) is 0.838. The Balaban J connectivity index is 2.54. The SMILES string of the molecule is CCC(C)NC(=O)Cn1c(C)cc(C)c(S(=O)(=O)c2ccccc2)c1=O. The normalized spacial score (nSPS) is 12.6. The average molecular weight is 376 g/mol. The summed E-state index contributed by atoms with van der Waals surface area (Å²) in [6, 6.07) is 9.42. The molecule has 26 heavy (non-hydrogen) atoms. The van der Waals surface area contributed by atoms with Gasteiger partial charge in [0.1, 0.15) is 11.4 Å². The summed E-state index contributed by atoms with van der Waals surface area (Å²) < 4.78 is 27.1. The Bertz CT molecular complexity index is 963. The molecule has 0 spiro atoms. The highest BCUT2D eigenvalue weighted by Crippen LogP contribution is 2.21. The largest absolute Gasteiger partial charge is 0.352 e. The molecule has 0 saturated carbocycles. The molecule has 0 aliphatic carbocycles. The number of sulfone groups is 1. The van der Waals surface area contributed by atoms with Gasteiger partial charge < -0.3 is 9.88 Å². The number of aryl methyl sites for hydroxylation is 2. The van der Waals surface area contributed by atoms with Crippen LogP contribution in [0.15, 0.2) is 51.0 Å². The minimum atomic E-state index is -3.97. The van der Waals surface area contributed by atoms with Crippen LogP contribution >= 0.6 is 0 Å². The summed E-state index contributed by atoms with van der Waals surface area (Å²) in [5, 5.41) is 2.79. The first kappa shape index (κ1) is 19.9. The van der Waals surface area contributed by atoms with Crippen LogP contribution in [-0.4, -0.2) is 24.9 Å². The highest BCUT2D eigenvalue weighted by atomic mass is 32.2. The van der Waals surface area contributed by atoms with E-state index in [-0.39, 0.29) is 28.3 Å². The summed E-state index contributed by atoms with van der Waals surface area (Å²) in [4.78, 5) is 24.9. The van der Waals surface area contributed by atoms with Crippen LogP contribution in [0.5, 0.6) is 0 Å². The van der Waals surface area contributed by atoms with Gasteiger partial charge in [0, 0.05) is 11.7 Å². The lowest BCUT2D eigenvalue weighted by Crippen LogP contribution is -2.39. The van der Waals surface area contributed by atoms with E-state index >= 15 is 0 Å². The van der Waals surface area contributed by atoms with E-state index < -0.39 is 15.4 Å². The zero-order chi connectivity index (χ0) is 19.5. The smallest absolute Gasteiger partial charge is 0.270 e. The third kappa shape index (κ3) is 4.04. The van der Waals surface area contributed by atoms with E-state index in [2.05, 4.69) is 5.32 Å². The van der Waals surface area contributed by atoms with Gasteiger partial charge in [-0.3, -0.25) is 9.59 Å². The van der Waals surface area contributed by atoms with Crippen molar-refractivity contribution in [2.45, 2.75) is 56.5 Å². The average Bonchev–Trinajstić information content (AvgIpc) is 2.58. The van der Waals surface area contributed by atoms with E-state index in [4.69, 9.17) is 0 Å². The number of nitrogens with one attached hydrogen (secondary N) is 1. The number of nitrogens with zero attached hydrogens (tertiary/aromatic N) is 1. The van der Waals surface area contributed by atoms with Crippen LogP contribution in [0.2, 0.25) is 0 Å². The van der Waals surface area contributed by atoms with E-state index in [1.807, 2.05) is 13.8 Å². The number of amides is 1. The summed E-state index contributed by atoms with van der Waals surface area (Å²) in [6.07, 6.45) is 0.765. The molecule has 0 radical (unpaired) electrons. The Labute approximate surface area is 153 Å². The van der Waals surface area contributed by atoms with Crippen molar-refractivity contribution < 1.29 is 13.2 Å². The van der Waals surface area contributed by atoms with Gasteiger partial charge in [0.05, 0.1) is 4.90 Å². The van der Waals surface area contributed by atoms with Gasteiger partial charge >= 0.3 is 0 Å². The molecular weight excluding hydrogens is 352 g/mol. The summed E-state index contributed by atoms with van der Waals surface area (Å²) in [7, 11) is -3.97. The van der Waals surface area contributed by atoms with Crippen LogP contribution in [0, 0.1) is 13.8 Å². The predicted molar refractivity (Wildman–Crippen MR) is 100.0 cm³/mol. The standard InChI is InChI=1S/C19H24N2O4S/c1-5-14(3)20-17(22)12-21-15(4)11-13(2)18(19(21)23)26(24,25)16-9-7-6-8-10-16/h6-11,14H,5,12H2,1-4H3,(H,20,22). The highest BCUT2D eigenvalue weighted by molar-refractivity contribution is 7.91. The van der Waals surface area contributed by atoms with Crippen molar-refractivity contribution in [3.63, 3.8) is 0 Å². The van der Waals surface area contributed by atoms with Crippen molar-refractivity contribution >= 4 is 15.7 Å². The second-order valence-electron chi connectivity index (χ2n) is 6.38. The molecule has 0 bridgehead atoms. The molecule has 1 aromatic heterocycles. The number of aromatic nitrogens is 1. The van der Waals surface area contributed by atoms with E-state index in [1.54, 1.807) is 38.1 Å². The molecule has 140 valence electrons. The molecular formula is C19H24N2O4S. The molecule has 1 unspecified atom stereocenters. The molecule has 6 nitrogen and oxygen atoms in total. The molecule has 1 N–H and O–H groups in total. The number of carbonyl (C=O) groups is 1. The first-order chi connectivity index (χ1) is 12.2. The Morgan fingerprint density at radius 1 is 1.19 bits per heavy atom. The topological polar surface area (TPSA) is 85.2 Å². The van der Waals surface area contributed by atoms with Crippen LogP contribution in [0.4, 0.5) is 0 Å². The third-order valence-electron chi connectivity index (χ3n) is 4.29. The van der Waals surface area contributed by atoms with Gasteiger partial charge in [0.2, 0.25) is 15.7 Å². The molecule has 0 aliphatic rings. The summed E-state index contributed by atoms with van der Waals surface area (Å²) in [6.45, 7) is 6.87. The Morgan fingerprint density at radius 2 is 1.81 bits per heavy atom. The van der Waals surface area contributed by atoms with Crippen LogP contribution in [0.25, 0.3) is 0 Å². The van der Waals surface area contributed by atoms with Crippen molar-refractivity contribution in [1.29, 1.82) is 0 Å². The highest BCUT2D eigenvalue weighted by Gasteiger charge is 2.26. The molecule has 2 rings (SSSR count). The lowest BCUT2D eigenvalue weighted by molar-refractivity contribution is -0.122. The lowest BCUT2D eigenvalue weighted by Gasteiger charge is -2.16. The zero-order valence-corrected chi connectivity index (χ0v) is 16.3. The Kier molecular flexibility index (Phi) is 6.02. The summed E-state index contributed by atoms with van der Waals surface area (Å²) in [5.74, 6) is -0.323. The maximum atomic E-state index is 12.9. The van der Waals surface area contributed by atoms with Gasteiger partial charge in [-0.05, 0) is 51.0 Å². The Hall–Kier alpha value is -2.41. The summed E-state index contributed by atoms with van der Waals surface area (Å²) >= 11 is 0. The fraction of sp³-hybridized carbons (Fsp3) is 0.368. The van der Waals surface area contributed by atoms with Crippen molar-refractivity contribution in [3.05, 3.63) is 58.0 Å². The van der Waals surface area contributed by atoms with Gasteiger partial charge in [0.15, 0.2) is 0 Å². The van der Waals surface area contributed by atoms with Crippen molar-refractivity contribution in [3.8, 4) is 0 Å². The van der Waals surface area contributed by atoms with Gasteiger partial charge in [-0.25, -0.2) is 8.42 Å². The number of rotatable bonds is 6. The van der Waals surface area contributed by atoms with E-state index in [0.29, 0.717) is 11.3 Å². The first-order valence-corrected chi connectivity index (χ1v) is 9.97. The van der Waals surface area contributed by atoms with Crippen molar-refractivity contribution in [2.24, 2.45) is 0 Å². The van der Waals surface area contributed by atoms with Crippen molar-refractivity contribution in [1.82, 2.24) is 9.88 Å². The maximum absolute atomic E-state index is 12.9. The molecule has 1 heterocycles. The fourth-order valence-corrected chi connectivity index (χ4v) is 4.29. The van der Waals surface area contributed by atoms with E-state index in [0.717, 1.165) is 6.42 Å². The number of benzene rings is 1. The summed E-state index contributed by atoms with van der Waals surface area (Å²) in [5.41, 5.74) is 0.236. The Morgan fingerprint density at radius 3 is 2.38 bits per heavy atom. The molecule has 1 atom stereocenters. The molecule has 0 fully saturated rings. The number of carbonyl (C=O) groups excluding carboxylic acids is 1. The second kappa shape index (κ2) is 7.86. The molecule has 1 aromatic carbocycles. The first-order valence-electron chi connectivity index (χ1n) is 8.49. The van der Waals surface area contributed by atoms with Crippen LogP contribution in [0.3, 0.4) is 0 Å². The molecule has 0 aliphatic heterocycles. The van der Waals surface area contributed by atoms with Crippen LogP contribution in [-0.2, 0) is 21.2 Å². The maximum Gasteiger partial charge on any atom is 0.270 e. The fourth-order valence-electron chi connectivity index (χ4n) is 2.72. The number of hydrogen-bond donors (Lipinski definition) is 1. The minimum absolute atomic E-state index is 0.0171. The lowest BCUT2D eigenvalue weighted by atomic mass is 10.2. The predicted octanol–water partition coefficient (Wildman–Crippen LogP) is 2.21. The van der Waals surface area contributed by atoms with Gasteiger partial charge in [-0.15, -0.1) is 0 Å².